The van der Waals surface area contributed by atoms with Crippen molar-refractivity contribution in [2.24, 2.45) is 5.73 Å². The van der Waals surface area contributed by atoms with Gasteiger partial charge in [-0.05, 0) is 31.4 Å². The highest BCUT2D eigenvalue weighted by molar-refractivity contribution is 5.29. The van der Waals surface area contributed by atoms with Crippen molar-refractivity contribution in [2.45, 2.75) is 25.8 Å². The van der Waals surface area contributed by atoms with Gasteiger partial charge in [0.1, 0.15) is 0 Å². The van der Waals surface area contributed by atoms with Gasteiger partial charge in [0.05, 0.1) is 0 Å². The summed E-state index contributed by atoms with van der Waals surface area (Å²) in [6.45, 7) is 4.20. The zero-order valence-corrected chi connectivity index (χ0v) is 10.5. The number of aryl methyl sites for hydroxylation is 1. The van der Waals surface area contributed by atoms with Crippen LogP contribution in [0.5, 0.6) is 0 Å². The fourth-order valence-corrected chi connectivity index (χ4v) is 2.17. The summed E-state index contributed by atoms with van der Waals surface area (Å²) in [5, 5.41) is 0. The van der Waals surface area contributed by atoms with E-state index in [1.54, 1.807) is 0 Å². The molecule has 1 atom stereocenters. The first-order valence-electron chi connectivity index (χ1n) is 5.98. The van der Waals surface area contributed by atoms with Crippen molar-refractivity contribution in [3.8, 4) is 0 Å². The second-order valence-corrected chi connectivity index (χ2v) is 4.95. The summed E-state index contributed by atoms with van der Waals surface area (Å²) in [6, 6.07) is 18.8. The molecule has 0 aliphatic heterocycles. The van der Waals surface area contributed by atoms with Crippen molar-refractivity contribution >= 4 is 0 Å². The third-order valence-electron chi connectivity index (χ3n) is 3.09. The third-order valence-corrected chi connectivity index (χ3v) is 3.09. The van der Waals surface area contributed by atoms with Crippen molar-refractivity contribution < 1.29 is 0 Å². The normalized spacial score (nSPS) is 14.3. The maximum atomic E-state index is 6.42. The van der Waals surface area contributed by atoms with E-state index in [-0.39, 0.29) is 5.54 Å². The molecule has 0 aliphatic carbocycles. The van der Waals surface area contributed by atoms with Gasteiger partial charge in [0.2, 0.25) is 0 Å². The first-order valence-corrected chi connectivity index (χ1v) is 5.98. The van der Waals surface area contributed by atoms with Crippen LogP contribution < -0.4 is 5.73 Å². The lowest BCUT2D eigenvalue weighted by Gasteiger charge is -2.25. The molecule has 1 unspecified atom stereocenters. The molecule has 0 amide bonds. The number of rotatable bonds is 3. The second kappa shape index (κ2) is 4.72. The molecule has 2 N–H and O–H groups in total. The Balaban J connectivity index is 2.23. The van der Waals surface area contributed by atoms with E-state index in [0.29, 0.717) is 0 Å². The van der Waals surface area contributed by atoms with Gasteiger partial charge >= 0.3 is 0 Å². The molecule has 2 rings (SSSR count). The van der Waals surface area contributed by atoms with E-state index >= 15 is 0 Å². The molecule has 0 aromatic heterocycles. The number of hydrogen-bond acceptors (Lipinski definition) is 1. The summed E-state index contributed by atoms with van der Waals surface area (Å²) < 4.78 is 0. The maximum absolute atomic E-state index is 6.42. The Bertz CT molecular complexity index is 486. The van der Waals surface area contributed by atoms with E-state index in [4.69, 9.17) is 5.73 Å². The van der Waals surface area contributed by atoms with Crippen LogP contribution in [0.2, 0.25) is 0 Å². The Labute approximate surface area is 103 Å². The Kier molecular flexibility index (Phi) is 3.30. The molecule has 0 radical (unpaired) electrons. The topological polar surface area (TPSA) is 26.0 Å². The standard InChI is InChI=1S/C16H19N/c1-13-7-6-8-14(11-13)12-16(2,17)15-9-4-3-5-10-15/h3-11H,12,17H2,1-2H3. The molecule has 0 bridgehead atoms. The molecule has 0 heterocycles. The molecule has 17 heavy (non-hydrogen) atoms. The Morgan fingerprint density at radius 1 is 1.00 bits per heavy atom. The molecule has 88 valence electrons. The minimum Gasteiger partial charge on any atom is -0.321 e. The largest absolute Gasteiger partial charge is 0.321 e. The molecular weight excluding hydrogens is 206 g/mol. The molecule has 2 aromatic carbocycles. The average Bonchev–Trinajstić information content (AvgIpc) is 2.29. The lowest BCUT2D eigenvalue weighted by atomic mass is 9.86. The van der Waals surface area contributed by atoms with E-state index in [2.05, 4.69) is 50.2 Å². The van der Waals surface area contributed by atoms with Crippen LogP contribution >= 0.6 is 0 Å². The van der Waals surface area contributed by atoms with Crippen LogP contribution in [0.25, 0.3) is 0 Å². The monoisotopic (exact) mass is 225 g/mol. The lowest BCUT2D eigenvalue weighted by Crippen LogP contribution is -2.35. The summed E-state index contributed by atoms with van der Waals surface area (Å²) in [4.78, 5) is 0. The van der Waals surface area contributed by atoms with Crippen LogP contribution in [0, 0.1) is 6.92 Å². The molecular formula is C16H19N. The lowest BCUT2D eigenvalue weighted by molar-refractivity contribution is 0.491. The highest BCUT2D eigenvalue weighted by atomic mass is 14.7. The molecule has 1 nitrogen and oxygen atoms in total. The zero-order chi connectivity index (χ0) is 12.3. The van der Waals surface area contributed by atoms with Crippen LogP contribution in [0.3, 0.4) is 0 Å². The summed E-state index contributed by atoms with van der Waals surface area (Å²) in [5.41, 5.74) is 9.87. The maximum Gasteiger partial charge on any atom is 0.0421 e. The number of hydrogen-bond donors (Lipinski definition) is 1. The van der Waals surface area contributed by atoms with Gasteiger partial charge in [-0.15, -0.1) is 0 Å². The fraction of sp³-hybridized carbons (Fsp3) is 0.250. The summed E-state index contributed by atoms with van der Waals surface area (Å²) >= 11 is 0. The van der Waals surface area contributed by atoms with Crippen molar-refractivity contribution in [2.75, 3.05) is 0 Å². The minimum absolute atomic E-state index is 0.310. The van der Waals surface area contributed by atoms with Crippen LogP contribution in [0.1, 0.15) is 23.6 Å². The number of benzene rings is 2. The minimum atomic E-state index is -0.310. The first kappa shape index (κ1) is 11.9. The summed E-state index contributed by atoms with van der Waals surface area (Å²) in [6.07, 6.45) is 0.860. The molecule has 0 saturated carbocycles. The van der Waals surface area contributed by atoms with Crippen molar-refractivity contribution in [3.05, 3.63) is 71.3 Å². The van der Waals surface area contributed by atoms with Crippen LogP contribution in [0.15, 0.2) is 54.6 Å². The van der Waals surface area contributed by atoms with Crippen molar-refractivity contribution in [1.29, 1.82) is 0 Å². The highest BCUT2D eigenvalue weighted by Crippen LogP contribution is 2.22. The Hall–Kier alpha value is -1.60. The van der Waals surface area contributed by atoms with Crippen molar-refractivity contribution in [1.82, 2.24) is 0 Å². The predicted molar refractivity (Wildman–Crippen MR) is 72.9 cm³/mol. The summed E-state index contributed by atoms with van der Waals surface area (Å²) in [7, 11) is 0. The van der Waals surface area contributed by atoms with E-state index in [9.17, 15) is 0 Å². The van der Waals surface area contributed by atoms with Gasteiger partial charge in [-0.1, -0.05) is 60.2 Å². The predicted octanol–water partition coefficient (Wildman–Crippen LogP) is 3.41. The summed E-state index contributed by atoms with van der Waals surface area (Å²) in [5.74, 6) is 0. The highest BCUT2D eigenvalue weighted by Gasteiger charge is 2.21. The van der Waals surface area contributed by atoms with Gasteiger partial charge in [-0.2, -0.15) is 0 Å². The molecule has 0 saturated heterocycles. The van der Waals surface area contributed by atoms with Crippen LogP contribution in [-0.2, 0) is 12.0 Å². The molecule has 1 heteroatoms. The van der Waals surface area contributed by atoms with E-state index in [1.165, 1.54) is 16.7 Å². The van der Waals surface area contributed by atoms with E-state index in [0.717, 1.165) is 6.42 Å². The Morgan fingerprint density at radius 2 is 1.71 bits per heavy atom. The van der Waals surface area contributed by atoms with Gasteiger partial charge in [0.25, 0.3) is 0 Å². The van der Waals surface area contributed by atoms with E-state index in [1.807, 2.05) is 18.2 Å². The molecule has 2 aromatic rings. The van der Waals surface area contributed by atoms with Gasteiger partial charge < -0.3 is 5.73 Å². The quantitative estimate of drug-likeness (QED) is 0.851. The zero-order valence-electron chi connectivity index (χ0n) is 10.5. The first-order chi connectivity index (χ1) is 8.08. The Morgan fingerprint density at radius 3 is 2.35 bits per heavy atom. The molecule has 0 spiro atoms. The number of nitrogens with two attached hydrogens (primary N) is 1. The van der Waals surface area contributed by atoms with Crippen molar-refractivity contribution in [3.63, 3.8) is 0 Å². The van der Waals surface area contributed by atoms with Gasteiger partial charge in [0.15, 0.2) is 0 Å². The van der Waals surface area contributed by atoms with Crippen LogP contribution in [-0.4, -0.2) is 0 Å². The van der Waals surface area contributed by atoms with E-state index < -0.39 is 0 Å². The SMILES string of the molecule is Cc1cccc(CC(C)(N)c2ccccc2)c1. The van der Waals surface area contributed by atoms with Crippen LogP contribution in [0.4, 0.5) is 0 Å². The third kappa shape index (κ3) is 2.95. The average molecular weight is 225 g/mol. The molecule has 0 aliphatic rings. The smallest absolute Gasteiger partial charge is 0.0421 e. The van der Waals surface area contributed by atoms with Gasteiger partial charge in [0, 0.05) is 5.54 Å². The van der Waals surface area contributed by atoms with Gasteiger partial charge in [-0.3, -0.25) is 0 Å². The fourth-order valence-electron chi connectivity index (χ4n) is 2.17. The van der Waals surface area contributed by atoms with Gasteiger partial charge in [-0.25, -0.2) is 0 Å². The second-order valence-electron chi connectivity index (χ2n) is 4.95. The molecule has 0 fully saturated rings.